The highest BCUT2D eigenvalue weighted by Gasteiger charge is 2.17. The first-order chi connectivity index (χ1) is 11.0. The van der Waals surface area contributed by atoms with Crippen LogP contribution < -0.4 is 15.4 Å². The topological polar surface area (TPSA) is 70.7 Å². The molecule has 6 nitrogen and oxygen atoms in total. The van der Waals surface area contributed by atoms with E-state index in [0.29, 0.717) is 32.6 Å². The molecule has 0 saturated carbocycles. The number of hydrogen-bond acceptors (Lipinski definition) is 3. The number of amides is 3. The molecular formula is C17H25N3O3. The molecule has 1 aliphatic rings. The molecule has 2 rings (SSSR count). The summed E-state index contributed by atoms with van der Waals surface area (Å²) in [6, 6.07) is 7.81. The summed E-state index contributed by atoms with van der Waals surface area (Å²) >= 11 is 0. The Hall–Kier alpha value is -2.24. The first kappa shape index (κ1) is 17.1. The first-order valence-corrected chi connectivity index (χ1v) is 8.09. The molecule has 3 amide bonds. The number of hydrogen-bond donors (Lipinski definition) is 2. The largest absolute Gasteiger partial charge is 0.491 e. The van der Waals surface area contributed by atoms with E-state index >= 15 is 0 Å². The lowest BCUT2D eigenvalue weighted by atomic mass is 10.1. The van der Waals surface area contributed by atoms with Crippen LogP contribution in [0.2, 0.25) is 0 Å². The number of nitrogens with one attached hydrogen (secondary N) is 2. The molecule has 0 unspecified atom stereocenters. The Kier molecular flexibility index (Phi) is 6.26. The second-order valence-corrected chi connectivity index (χ2v) is 5.88. The summed E-state index contributed by atoms with van der Waals surface area (Å²) < 4.78 is 5.60. The van der Waals surface area contributed by atoms with Gasteiger partial charge in [-0.05, 0) is 38.0 Å². The molecule has 0 bridgehead atoms. The van der Waals surface area contributed by atoms with Gasteiger partial charge in [0.15, 0.2) is 0 Å². The van der Waals surface area contributed by atoms with Crippen molar-refractivity contribution >= 4 is 11.9 Å². The van der Waals surface area contributed by atoms with Crippen LogP contribution in [0.3, 0.4) is 0 Å². The zero-order valence-corrected chi connectivity index (χ0v) is 13.8. The van der Waals surface area contributed by atoms with Gasteiger partial charge in [-0.15, -0.1) is 0 Å². The van der Waals surface area contributed by atoms with E-state index in [1.54, 1.807) is 4.90 Å². The Balaban J connectivity index is 1.73. The Morgan fingerprint density at radius 1 is 1.30 bits per heavy atom. The molecule has 0 aliphatic carbocycles. The third-order valence-electron chi connectivity index (χ3n) is 3.58. The van der Waals surface area contributed by atoms with Crippen LogP contribution in [0, 0.1) is 0 Å². The van der Waals surface area contributed by atoms with Gasteiger partial charge in [0.05, 0.1) is 6.10 Å². The quantitative estimate of drug-likeness (QED) is 0.865. The molecule has 6 heteroatoms. The molecule has 1 aromatic carbocycles. The Morgan fingerprint density at radius 2 is 2.04 bits per heavy atom. The normalized spacial score (nSPS) is 15.1. The molecule has 1 fully saturated rings. The fraction of sp³-hybridized carbons (Fsp3) is 0.529. The van der Waals surface area contributed by atoms with Gasteiger partial charge in [0.1, 0.15) is 5.75 Å². The van der Waals surface area contributed by atoms with Crippen molar-refractivity contribution in [3.63, 3.8) is 0 Å². The number of carbonyl (C=O) groups excluding carboxylic acids is 2. The molecule has 0 spiro atoms. The maximum atomic E-state index is 12.1. The molecular weight excluding hydrogens is 294 g/mol. The third-order valence-corrected chi connectivity index (χ3v) is 3.58. The van der Waals surface area contributed by atoms with E-state index in [1.165, 1.54) is 0 Å². The molecule has 0 aromatic heterocycles. The molecule has 2 N–H and O–H groups in total. The fourth-order valence-electron chi connectivity index (χ4n) is 2.40. The van der Waals surface area contributed by atoms with Crippen LogP contribution in [0.4, 0.5) is 4.79 Å². The molecule has 0 radical (unpaired) electrons. The summed E-state index contributed by atoms with van der Waals surface area (Å²) in [6.07, 6.45) is 1.29. The van der Waals surface area contributed by atoms with Crippen molar-refractivity contribution in [1.29, 1.82) is 0 Å². The lowest BCUT2D eigenvalue weighted by Crippen LogP contribution is -2.42. The van der Waals surface area contributed by atoms with Crippen molar-refractivity contribution in [3.8, 4) is 5.75 Å². The van der Waals surface area contributed by atoms with Crippen molar-refractivity contribution < 1.29 is 14.3 Å². The van der Waals surface area contributed by atoms with Gasteiger partial charge < -0.3 is 20.3 Å². The van der Waals surface area contributed by atoms with E-state index in [1.807, 2.05) is 38.1 Å². The summed E-state index contributed by atoms with van der Waals surface area (Å²) in [5, 5.41) is 5.66. The summed E-state index contributed by atoms with van der Waals surface area (Å²) in [5.74, 6) is 0.860. The van der Waals surface area contributed by atoms with Gasteiger partial charge in [-0.3, -0.25) is 4.79 Å². The summed E-state index contributed by atoms with van der Waals surface area (Å²) in [7, 11) is 0. The van der Waals surface area contributed by atoms with Crippen molar-refractivity contribution in [2.45, 2.75) is 32.8 Å². The van der Waals surface area contributed by atoms with Crippen LogP contribution in [0.25, 0.3) is 0 Å². The number of carbonyl (C=O) groups is 2. The second-order valence-electron chi connectivity index (χ2n) is 5.88. The average molecular weight is 319 g/mol. The van der Waals surface area contributed by atoms with E-state index < -0.39 is 0 Å². The Bertz CT molecular complexity index is 528. The first-order valence-electron chi connectivity index (χ1n) is 8.09. The molecule has 1 saturated heterocycles. The minimum absolute atomic E-state index is 0.00371. The van der Waals surface area contributed by atoms with Crippen LogP contribution in [0.1, 0.15) is 25.8 Å². The predicted molar refractivity (Wildman–Crippen MR) is 88.5 cm³/mol. The summed E-state index contributed by atoms with van der Waals surface area (Å²) in [4.78, 5) is 25.0. The number of nitrogens with zero attached hydrogens (tertiary/aromatic N) is 1. The highest BCUT2D eigenvalue weighted by atomic mass is 16.5. The molecule has 1 heterocycles. The Labute approximate surface area is 137 Å². The highest BCUT2D eigenvalue weighted by Crippen LogP contribution is 2.14. The van der Waals surface area contributed by atoms with Crippen LogP contribution in [-0.4, -0.2) is 49.1 Å². The molecule has 0 atom stereocenters. The van der Waals surface area contributed by atoms with Crippen molar-refractivity contribution in [3.05, 3.63) is 29.8 Å². The minimum atomic E-state index is -0.110. The van der Waals surface area contributed by atoms with Crippen LogP contribution >= 0.6 is 0 Å². The zero-order chi connectivity index (χ0) is 16.7. The fourth-order valence-corrected chi connectivity index (χ4v) is 2.40. The van der Waals surface area contributed by atoms with E-state index in [4.69, 9.17) is 4.74 Å². The van der Waals surface area contributed by atoms with Gasteiger partial charge >= 0.3 is 6.03 Å². The smallest absolute Gasteiger partial charge is 0.317 e. The molecule has 23 heavy (non-hydrogen) atoms. The van der Waals surface area contributed by atoms with Gasteiger partial charge in [0.25, 0.3) is 0 Å². The summed E-state index contributed by atoms with van der Waals surface area (Å²) in [6.45, 7) is 6.10. The maximum absolute atomic E-state index is 12.1. The highest BCUT2D eigenvalue weighted by molar-refractivity contribution is 5.79. The van der Waals surface area contributed by atoms with Crippen molar-refractivity contribution in [2.24, 2.45) is 0 Å². The molecule has 126 valence electrons. The third kappa shape index (κ3) is 5.81. The number of rotatable bonds is 5. The number of urea groups is 1. The number of ether oxygens (including phenoxy) is 1. The summed E-state index contributed by atoms with van der Waals surface area (Å²) in [5.41, 5.74) is 1.15. The second kappa shape index (κ2) is 8.41. The van der Waals surface area contributed by atoms with Gasteiger partial charge in [-0.1, -0.05) is 12.1 Å². The van der Waals surface area contributed by atoms with E-state index in [2.05, 4.69) is 10.6 Å². The molecule has 1 aliphatic heterocycles. The average Bonchev–Trinajstić information content (AvgIpc) is 2.73. The monoisotopic (exact) mass is 319 g/mol. The molecule has 1 aromatic rings. The zero-order valence-electron chi connectivity index (χ0n) is 13.8. The van der Waals surface area contributed by atoms with Gasteiger partial charge in [0.2, 0.25) is 5.91 Å². The van der Waals surface area contributed by atoms with Gasteiger partial charge in [0, 0.05) is 32.6 Å². The van der Waals surface area contributed by atoms with Gasteiger partial charge in [-0.25, -0.2) is 4.79 Å². The predicted octanol–water partition coefficient (Wildman–Crippen LogP) is 1.55. The Morgan fingerprint density at radius 3 is 2.74 bits per heavy atom. The minimum Gasteiger partial charge on any atom is -0.491 e. The number of benzene rings is 1. The maximum Gasteiger partial charge on any atom is 0.317 e. The lowest BCUT2D eigenvalue weighted by Gasteiger charge is -2.20. The van der Waals surface area contributed by atoms with Crippen LogP contribution in [0.15, 0.2) is 24.3 Å². The van der Waals surface area contributed by atoms with Gasteiger partial charge in [-0.2, -0.15) is 0 Å². The SMILES string of the molecule is CC(C)Oc1ccc(CCNC(=O)N2CCNC(=O)CC2)cc1. The van der Waals surface area contributed by atoms with E-state index in [0.717, 1.165) is 17.7 Å². The standard InChI is InChI=1S/C17H25N3O3/c1-13(2)23-15-5-3-14(4-6-15)7-9-19-17(22)20-11-8-16(21)18-10-12-20/h3-6,13H,7-12H2,1-2H3,(H,18,21)(H,19,22). The lowest BCUT2D eigenvalue weighted by molar-refractivity contribution is -0.120. The van der Waals surface area contributed by atoms with Crippen molar-refractivity contribution in [2.75, 3.05) is 26.2 Å². The van der Waals surface area contributed by atoms with E-state index in [9.17, 15) is 9.59 Å². The van der Waals surface area contributed by atoms with E-state index in [-0.39, 0.29) is 18.0 Å². The van der Waals surface area contributed by atoms with Crippen LogP contribution in [0.5, 0.6) is 5.75 Å². The van der Waals surface area contributed by atoms with Crippen LogP contribution in [-0.2, 0) is 11.2 Å². The van der Waals surface area contributed by atoms with Crippen molar-refractivity contribution in [1.82, 2.24) is 15.5 Å².